The van der Waals surface area contributed by atoms with Crippen molar-refractivity contribution in [2.24, 2.45) is 0 Å². The van der Waals surface area contributed by atoms with Crippen molar-refractivity contribution in [2.75, 3.05) is 13.2 Å². The first-order chi connectivity index (χ1) is 13.5. The Balaban J connectivity index is 1.80. The van der Waals surface area contributed by atoms with Crippen LogP contribution in [0.1, 0.15) is 36.6 Å². The van der Waals surface area contributed by atoms with Gasteiger partial charge in [0.1, 0.15) is 6.61 Å². The third kappa shape index (κ3) is 4.05. The Hall–Kier alpha value is -3.16. The van der Waals surface area contributed by atoms with E-state index in [1.54, 1.807) is 30.3 Å². The molecule has 0 aliphatic carbocycles. The summed E-state index contributed by atoms with van der Waals surface area (Å²) in [5.74, 6) is 0.233. The Morgan fingerprint density at radius 2 is 1.79 bits per heavy atom. The number of aromatic nitrogens is 2. The van der Waals surface area contributed by atoms with Gasteiger partial charge in [0.2, 0.25) is 0 Å². The summed E-state index contributed by atoms with van der Waals surface area (Å²) in [5.41, 5.74) is 0.920. The molecule has 1 aromatic heterocycles. The molecule has 0 saturated carbocycles. The Kier molecular flexibility index (Phi) is 6.08. The number of hydrogen-bond acceptors (Lipinski definition) is 5. The fraction of sp³-hybridized carbons (Fsp3) is 0.300. The van der Waals surface area contributed by atoms with E-state index in [0.717, 1.165) is 4.57 Å². The predicted octanol–water partition coefficient (Wildman–Crippen LogP) is 4.59. The molecule has 148 valence electrons. The topological polar surface area (TPSA) is 62.6 Å². The number of esters is 1. The molecule has 0 unspecified atom stereocenters. The van der Waals surface area contributed by atoms with Crippen LogP contribution in [0.25, 0.3) is 11.0 Å². The molecule has 0 amide bonds. The maximum Gasteiger partial charge on any atom is 0.338 e. The lowest BCUT2D eigenvalue weighted by molar-refractivity contribution is 0.0387. The molecule has 3 rings (SSSR count). The first-order valence-corrected chi connectivity index (χ1v) is 8.85. The average Bonchev–Trinajstić information content (AvgIpc) is 3.06. The smallest absolute Gasteiger partial charge is 0.338 e. The van der Waals surface area contributed by atoms with Crippen LogP contribution >= 0.6 is 0 Å². The maximum absolute atomic E-state index is 13.4. The van der Waals surface area contributed by atoms with Crippen LogP contribution in [-0.4, -0.2) is 28.7 Å². The molecule has 0 bridgehead atoms. The van der Waals surface area contributed by atoms with Gasteiger partial charge in [-0.1, -0.05) is 12.1 Å². The summed E-state index contributed by atoms with van der Waals surface area (Å²) in [4.78, 5) is 16.5. The van der Waals surface area contributed by atoms with Gasteiger partial charge in [-0.05, 0) is 44.2 Å². The average molecular weight is 390 g/mol. The lowest BCUT2D eigenvalue weighted by Gasteiger charge is -2.12. The zero-order valence-corrected chi connectivity index (χ0v) is 15.5. The number of imidazole rings is 1. The number of ether oxygens (including phenoxy) is 3. The van der Waals surface area contributed by atoms with E-state index in [2.05, 4.69) is 4.98 Å². The van der Waals surface area contributed by atoms with Crippen molar-refractivity contribution >= 4 is 17.0 Å². The number of carbonyl (C=O) groups is 1. The first kappa shape index (κ1) is 19.6. The van der Waals surface area contributed by atoms with Gasteiger partial charge in [0.15, 0.2) is 17.3 Å². The van der Waals surface area contributed by atoms with Crippen LogP contribution in [0, 0.1) is 0 Å². The minimum Gasteiger partial charge on any atom is -0.490 e. The van der Waals surface area contributed by atoms with Crippen molar-refractivity contribution in [2.45, 2.75) is 27.0 Å². The minimum atomic E-state index is -2.80. The van der Waals surface area contributed by atoms with Crippen LogP contribution in [0.15, 0.2) is 42.5 Å². The SMILES string of the molecule is CCOc1ccc(C(=O)OCc2nc3ccccc3n2C(F)F)cc1OCC. The normalized spacial score (nSPS) is 11.0. The summed E-state index contributed by atoms with van der Waals surface area (Å²) < 4.78 is 43.8. The minimum absolute atomic E-state index is 0.0273. The zero-order valence-electron chi connectivity index (χ0n) is 15.5. The van der Waals surface area contributed by atoms with Gasteiger partial charge in [-0.25, -0.2) is 9.78 Å². The van der Waals surface area contributed by atoms with Gasteiger partial charge >= 0.3 is 12.5 Å². The molecule has 0 N–H and O–H groups in total. The van der Waals surface area contributed by atoms with Gasteiger partial charge in [-0.15, -0.1) is 0 Å². The van der Waals surface area contributed by atoms with Gasteiger partial charge in [-0.3, -0.25) is 4.57 Å². The van der Waals surface area contributed by atoms with Crippen LogP contribution in [-0.2, 0) is 11.3 Å². The molecule has 2 aromatic carbocycles. The third-order valence-corrected chi connectivity index (χ3v) is 3.98. The Bertz CT molecular complexity index is 972. The van der Waals surface area contributed by atoms with Crippen LogP contribution in [0.4, 0.5) is 8.78 Å². The van der Waals surface area contributed by atoms with Crippen molar-refractivity contribution in [3.63, 3.8) is 0 Å². The second-order valence-electron chi connectivity index (χ2n) is 5.77. The molecule has 8 heteroatoms. The summed E-state index contributed by atoms with van der Waals surface area (Å²) in [6.45, 7) is 1.33. The number of alkyl halides is 2. The Morgan fingerprint density at radius 3 is 2.50 bits per heavy atom. The van der Waals surface area contributed by atoms with E-state index in [0.29, 0.717) is 30.2 Å². The Morgan fingerprint density at radius 1 is 1.07 bits per heavy atom. The molecular weight excluding hydrogens is 370 g/mol. The first-order valence-electron chi connectivity index (χ1n) is 8.85. The lowest BCUT2D eigenvalue weighted by Crippen LogP contribution is -2.11. The molecule has 0 aliphatic heterocycles. The van der Waals surface area contributed by atoms with Crippen LogP contribution in [0.2, 0.25) is 0 Å². The fourth-order valence-electron chi connectivity index (χ4n) is 2.81. The standard InChI is InChI=1S/C20H20F2N2O4/c1-3-26-16-10-9-13(11-17(16)27-4-2)19(25)28-12-18-23-14-7-5-6-8-15(14)24(18)20(21)22/h5-11,20H,3-4,12H2,1-2H3. The number of fused-ring (bicyclic) bond motifs is 1. The van der Waals surface area contributed by atoms with E-state index in [4.69, 9.17) is 14.2 Å². The van der Waals surface area contributed by atoms with E-state index in [1.165, 1.54) is 12.1 Å². The number of halogens is 2. The molecule has 0 fully saturated rings. The second kappa shape index (κ2) is 8.69. The predicted molar refractivity (Wildman–Crippen MR) is 98.9 cm³/mol. The number of benzene rings is 2. The highest BCUT2D eigenvalue weighted by atomic mass is 19.3. The van der Waals surface area contributed by atoms with Crippen molar-refractivity contribution in [3.8, 4) is 11.5 Å². The van der Waals surface area contributed by atoms with Crippen molar-refractivity contribution in [3.05, 3.63) is 53.9 Å². The van der Waals surface area contributed by atoms with Gasteiger partial charge in [0.05, 0.1) is 29.8 Å². The van der Waals surface area contributed by atoms with Crippen molar-refractivity contribution < 1.29 is 27.8 Å². The Labute approximate surface area is 160 Å². The molecule has 0 atom stereocenters. The number of carbonyl (C=O) groups excluding carboxylic acids is 1. The molecule has 3 aromatic rings. The molecule has 0 saturated heterocycles. The monoisotopic (exact) mass is 390 g/mol. The maximum atomic E-state index is 13.4. The molecule has 1 heterocycles. The van der Waals surface area contributed by atoms with E-state index < -0.39 is 12.5 Å². The van der Waals surface area contributed by atoms with Crippen LogP contribution in [0.3, 0.4) is 0 Å². The second-order valence-corrected chi connectivity index (χ2v) is 5.77. The van der Waals surface area contributed by atoms with E-state index >= 15 is 0 Å². The number of hydrogen-bond donors (Lipinski definition) is 0. The number of para-hydroxylation sites is 2. The quantitative estimate of drug-likeness (QED) is 0.527. The molecule has 0 spiro atoms. The summed E-state index contributed by atoms with van der Waals surface area (Å²) in [6.07, 6.45) is 0. The van der Waals surface area contributed by atoms with Gasteiger partial charge in [0.25, 0.3) is 0 Å². The highest BCUT2D eigenvalue weighted by molar-refractivity contribution is 5.90. The highest BCUT2D eigenvalue weighted by Crippen LogP contribution is 2.29. The molecule has 0 radical (unpaired) electrons. The third-order valence-electron chi connectivity index (χ3n) is 3.98. The van der Waals surface area contributed by atoms with Crippen molar-refractivity contribution in [1.82, 2.24) is 9.55 Å². The largest absolute Gasteiger partial charge is 0.490 e. The summed E-state index contributed by atoms with van der Waals surface area (Å²) in [7, 11) is 0. The van der Waals surface area contributed by atoms with Crippen LogP contribution < -0.4 is 9.47 Å². The summed E-state index contributed by atoms with van der Waals surface area (Å²) in [5, 5.41) is 0. The number of nitrogens with zero attached hydrogens (tertiary/aromatic N) is 2. The molecule has 28 heavy (non-hydrogen) atoms. The highest BCUT2D eigenvalue weighted by Gasteiger charge is 2.19. The van der Waals surface area contributed by atoms with Gasteiger partial charge < -0.3 is 14.2 Å². The molecule has 0 aliphatic rings. The molecular formula is C20H20F2N2O4. The summed E-state index contributed by atoms with van der Waals surface area (Å²) in [6, 6.07) is 11.2. The number of rotatable bonds is 8. The van der Waals surface area contributed by atoms with Crippen molar-refractivity contribution in [1.29, 1.82) is 0 Å². The summed E-state index contributed by atoms with van der Waals surface area (Å²) >= 11 is 0. The zero-order chi connectivity index (χ0) is 20.1. The molecule has 6 nitrogen and oxygen atoms in total. The fourth-order valence-corrected chi connectivity index (χ4v) is 2.81. The lowest BCUT2D eigenvalue weighted by atomic mass is 10.2. The van der Waals surface area contributed by atoms with Gasteiger partial charge in [0, 0.05) is 0 Å². The van der Waals surface area contributed by atoms with Crippen LogP contribution in [0.5, 0.6) is 11.5 Å². The van der Waals surface area contributed by atoms with Gasteiger partial charge in [-0.2, -0.15) is 8.78 Å². The van der Waals surface area contributed by atoms with E-state index in [-0.39, 0.29) is 23.5 Å². The van der Waals surface area contributed by atoms with E-state index in [1.807, 2.05) is 13.8 Å². The van der Waals surface area contributed by atoms with E-state index in [9.17, 15) is 13.6 Å².